The fraction of sp³-hybridized carbons (Fsp3) is 0.524. The number of phenolic OH excluding ortho intramolecular Hbond substituents is 1. The van der Waals surface area contributed by atoms with E-state index in [4.69, 9.17) is 57.3 Å². The van der Waals surface area contributed by atoms with Gasteiger partial charge in [-0.3, -0.25) is 63.1 Å². The summed E-state index contributed by atoms with van der Waals surface area (Å²) < 4.78 is 0. The van der Waals surface area contributed by atoms with E-state index in [-0.39, 0.29) is 152 Å². The fourth-order valence-electron chi connectivity index (χ4n) is 10.9. The van der Waals surface area contributed by atoms with Gasteiger partial charge in [0.05, 0.1) is 6.04 Å². The summed E-state index contributed by atoms with van der Waals surface area (Å²) in [5.41, 5.74) is 58.2. The molecule has 37 heteroatoms. The molecule has 3 aromatic rings. The number of carbonyl (C=O) groups excluding carboxylic acids is 9. The highest BCUT2D eigenvalue weighted by Crippen LogP contribution is 2.26. The van der Waals surface area contributed by atoms with E-state index in [0.717, 1.165) is 37.9 Å². The maximum Gasteiger partial charge on any atom is 0.326 e. The van der Waals surface area contributed by atoms with Gasteiger partial charge in [0, 0.05) is 50.7 Å². The number of hydrogen-bond donors (Lipinski definition) is 20. The van der Waals surface area contributed by atoms with E-state index in [2.05, 4.69) is 62.5 Å². The smallest absolute Gasteiger partial charge is 0.326 e. The van der Waals surface area contributed by atoms with Crippen molar-refractivity contribution in [3.63, 3.8) is 0 Å². The van der Waals surface area contributed by atoms with Crippen molar-refractivity contribution >= 4 is 115 Å². The molecule has 2 aliphatic heterocycles. The summed E-state index contributed by atoms with van der Waals surface area (Å²) in [5.74, 6) is -11.0. The molecular formula is C63H97N23O12S2. The van der Waals surface area contributed by atoms with E-state index >= 15 is 9.59 Å². The van der Waals surface area contributed by atoms with Gasteiger partial charge < -0.3 is 115 Å². The van der Waals surface area contributed by atoms with Crippen LogP contribution in [0.3, 0.4) is 0 Å². The van der Waals surface area contributed by atoms with E-state index in [1.54, 1.807) is 0 Å². The summed E-state index contributed by atoms with van der Waals surface area (Å²) >= 11 is 0. The molecule has 0 unspecified atom stereocenters. The number of carboxylic acids is 1. The first-order valence-electron chi connectivity index (χ1n) is 32.9. The van der Waals surface area contributed by atoms with Gasteiger partial charge >= 0.3 is 5.97 Å². The van der Waals surface area contributed by atoms with Gasteiger partial charge in [-0.05, 0) is 130 Å². The maximum absolute atomic E-state index is 15.2. The number of nitrogens with zero attached hydrogens (tertiary/aromatic N) is 5. The monoisotopic (exact) mass is 1430 g/mol. The summed E-state index contributed by atoms with van der Waals surface area (Å²) in [5, 5.41) is 44.0. The van der Waals surface area contributed by atoms with Crippen molar-refractivity contribution in [3.05, 3.63) is 77.9 Å². The number of guanidine groups is 4. The summed E-state index contributed by atoms with van der Waals surface area (Å²) in [6, 6.07) is 4.75. The van der Waals surface area contributed by atoms with Crippen molar-refractivity contribution in [1.29, 1.82) is 0 Å². The summed E-state index contributed by atoms with van der Waals surface area (Å²) in [4.78, 5) is 162. The number of hydrogen-bond acceptors (Lipinski definition) is 19. The standard InChI is InChI=1S/C63H97N23O12S2/c64-24-4-3-12-44-58(96)86-29-9-17-49(86)57(95)80-43(15-7-27-76-62(70)71)53(91)84-47(55(93)82-45(59(97)98)16-8-28-77-63(72)73)33-99-100-34-48(56(94)83-46(54(92)81-44)32-35-19-22-39(87)23-20-35)85-52(90)42(14-6-26-75-61(68)69)79-51(89)41(13-5-25-74-60(66)67)78-50(88)40(65)31-36-18-21-37-10-1-2-11-38(37)30-36/h1-2,10-11,18-23,30,40-49,87H,3-9,12-17,24-29,31-34,64-65H2,(H,78,88)(H,79,89)(H,80,95)(H,81,92)(H,82,93)(H,83,94)(H,84,91)(H,85,90)(H,97,98)(H4,66,67,74)(H4,68,69,75)(H4,70,71,76)(H4,72,73,77)/t40-,41-,42-,43-,44+,45-,46-,47-,48-,49-/m0/s1. The van der Waals surface area contributed by atoms with Crippen LogP contribution in [0.15, 0.2) is 86.7 Å². The van der Waals surface area contributed by atoms with Crippen LogP contribution in [0.25, 0.3) is 10.8 Å². The molecule has 35 nitrogen and oxygen atoms in total. The van der Waals surface area contributed by atoms with Crippen molar-refractivity contribution < 1.29 is 58.2 Å². The minimum atomic E-state index is -1.65. The van der Waals surface area contributed by atoms with Crippen LogP contribution < -0.4 is 99.9 Å². The number of aliphatic imine (C=N–C) groups is 4. The highest BCUT2D eigenvalue weighted by atomic mass is 33.1. The number of unbranched alkanes of at least 4 members (excludes halogenated alkanes) is 1. The number of nitrogens with one attached hydrogen (secondary N) is 8. The second kappa shape index (κ2) is 42.2. The van der Waals surface area contributed by atoms with E-state index in [0.29, 0.717) is 24.8 Å². The van der Waals surface area contributed by atoms with Gasteiger partial charge in [-0.1, -0.05) is 76.2 Å². The molecule has 548 valence electrons. The second-order valence-electron chi connectivity index (χ2n) is 24.0. The van der Waals surface area contributed by atoms with Gasteiger partial charge in [-0.15, -0.1) is 0 Å². The van der Waals surface area contributed by atoms with Crippen LogP contribution >= 0.6 is 21.6 Å². The van der Waals surface area contributed by atoms with Gasteiger partial charge in [0.2, 0.25) is 53.2 Å². The molecular weight excluding hydrogens is 1330 g/mol. The first kappa shape index (κ1) is 80.8. The number of fused-ring (bicyclic) bond motifs is 2. The fourth-order valence-corrected chi connectivity index (χ4v) is 13.2. The third-order valence-electron chi connectivity index (χ3n) is 16.1. The third kappa shape index (κ3) is 28.2. The van der Waals surface area contributed by atoms with Crippen LogP contribution in [-0.4, -0.2) is 209 Å². The lowest BCUT2D eigenvalue weighted by Crippen LogP contribution is -2.61. The Morgan fingerprint density at radius 3 is 1.71 bits per heavy atom. The van der Waals surface area contributed by atoms with Crippen molar-refractivity contribution in [3.8, 4) is 5.75 Å². The van der Waals surface area contributed by atoms with Crippen LogP contribution in [0.2, 0.25) is 0 Å². The zero-order valence-corrected chi connectivity index (χ0v) is 57.3. The third-order valence-corrected chi connectivity index (χ3v) is 18.6. The van der Waals surface area contributed by atoms with Gasteiger partial charge in [0.15, 0.2) is 23.8 Å². The normalized spacial score (nSPS) is 19.8. The molecule has 0 bridgehead atoms. The number of nitrogens with two attached hydrogens (primary N) is 10. The highest BCUT2D eigenvalue weighted by molar-refractivity contribution is 8.76. The van der Waals surface area contributed by atoms with E-state index in [1.165, 1.54) is 29.2 Å². The van der Waals surface area contributed by atoms with E-state index < -0.39 is 125 Å². The first-order chi connectivity index (χ1) is 47.7. The van der Waals surface area contributed by atoms with Crippen molar-refractivity contribution in [2.24, 2.45) is 77.3 Å². The first-order valence-corrected chi connectivity index (χ1v) is 35.4. The van der Waals surface area contributed by atoms with Crippen molar-refractivity contribution in [2.45, 2.75) is 157 Å². The Bertz CT molecular complexity index is 3390. The van der Waals surface area contributed by atoms with Gasteiger partial charge in [-0.25, -0.2) is 4.79 Å². The molecule has 0 aromatic heterocycles. The lowest BCUT2D eigenvalue weighted by Gasteiger charge is -2.31. The van der Waals surface area contributed by atoms with Crippen molar-refractivity contribution in [1.82, 2.24) is 47.4 Å². The highest BCUT2D eigenvalue weighted by Gasteiger charge is 2.41. The number of benzene rings is 3. The average Bonchev–Trinajstić information content (AvgIpc) is 1.50. The zero-order chi connectivity index (χ0) is 73.3. The summed E-state index contributed by atoms with van der Waals surface area (Å²) in [7, 11) is 1.79. The molecule has 2 aliphatic rings. The minimum absolute atomic E-state index is 0.00437. The zero-order valence-electron chi connectivity index (χ0n) is 55.7. The Hall–Kier alpha value is -9.88. The number of amides is 9. The van der Waals surface area contributed by atoms with Crippen LogP contribution in [0.4, 0.5) is 0 Å². The predicted molar refractivity (Wildman–Crippen MR) is 383 cm³/mol. The number of rotatable bonds is 33. The summed E-state index contributed by atoms with van der Waals surface area (Å²) in [6.45, 7) is 0.295. The van der Waals surface area contributed by atoms with Gasteiger partial charge in [-0.2, -0.15) is 0 Å². The number of aliphatic carboxylic acids is 1. The van der Waals surface area contributed by atoms with Crippen molar-refractivity contribution in [2.75, 3.05) is 50.8 Å². The van der Waals surface area contributed by atoms with Crippen LogP contribution in [0, 0.1) is 0 Å². The average molecular weight is 1430 g/mol. The number of carboxylic acid groups (broad SMARTS) is 1. The molecule has 3 aromatic carbocycles. The molecule has 100 heavy (non-hydrogen) atoms. The van der Waals surface area contributed by atoms with Crippen LogP contribution in [0.5, 0.6) is 5.75 Å². The molecule has 30 N–H and O–H groups in total. The molecule has 2 heterocycles. The minimum Gasteiger partial charge on any atom is -0.508 e. The number of aromatic hydroxyl groups is 1. The molecule has 0 saturated carbocycles. The summed E-state index contributed by atoms with van der Waals surface area (Å²) in [6.07, 6.45) is 0.955. The topological polar surface area (TPSA) is 620 Å². The lowest BCUT2D eigenvalue weighted by atomic mass is 10.0. The lowest BCUT2D eigenvalue weighted by molar-refractivity contribution is -0.143. The van der Waals surface area contributed by atoms with Crippen LogP contribution in [-0.2, 0) is 60.8 Å². The maximum atomic E-state index is 15.2. The Balaban J connectivity index is 1.59. The van der Waals surface area contributed by atoms with E-state index in [9.17, 15) is 48.6 Å². The molecule has 10 atom stereocenters. The second-order valence-corrected chi connectivity index (χ2v) is 26.6. The van der Waals surface area contributed by atoms with Gasteiger partial charge in [0.1, 0.15) is 60.1 Å². The Labute approximate surface area is 586 Å². The Morgan fingerprint density at radius 1 is 0.570 bits per heavy atom. The molecule has 0 spiro atoms. The quantitative estimate of drug-likeness (QED) is 0.0118. The molecule has 5 rings (SSSR count). The number of carbonyl (C=O) groups is 10. The predicted octanol–water partition coefficient (Wildman–Crippen LogP) is -4.65. The molecule has 9 amide bonds. The molecule has 0 aliphatic carbocycles. The molecule has 0 radical (unpaired) electrons. The molecule has 2 saturated heterocycles. The van der Waals surface area contributed by atoms with E-state index in [1.807, 2.05) is 42.5 Å². The van der Waals surface area contributed by atoms with Crippen LogP contribution in [0.1, 0.15) is 94.6 Å². The number of phenols is 1. The Morgan fingerprint density at radius 2 is 1.10 bits per heavy atom. The molecule has 2 fully saturated rings. The Kier molecular flexibility index (Phi) is 34.1. The SMILES string of the molecule is NCCCC[C@H]1NC(=O)[C@H](Cc2ccc(O)cc2)NC(=O)[C@@H](NC(=O)[C@H](CCCN=C(N)N)NC(=O)[C@H](CCCN=C(N)N)NC(=O)[C@@H](N)Cc2ccc3ccccc3c2)CSSC[C@@H](C(=O)N[C@@H](CCCN=C(N)N)C(=O)O)NC(=O)[C@H](CCCN=C(N)N)NC(=O)[C@@H]2CCCN2C1=O. The largest absolute Gasteiger partial charge is 0.508 e. The van der Waals surface area contributed by atoms with Gasteiger partial charge in [0.25, 0.3) is 0 Å².